The lowest BCUT2D eigenvalue weighted by Crippen LogP contribution is -2.37. The second kappa shape index (κ2) is 5.39. The average molecular weight is 331 g/mol. The van der Waals surface area contributed by atoms with Crippen molar-refractivity contribution in [3.63, 3.8) is 0 Å². The maximum atomic E-state index is 2.47. The topological polar surface area (TPSA) is 3.24 Å². The second-order valence-electron chi connectivity index (χ2n) is 4.99. The molecule has 90 valence electrons. The van der Waals surface area contributed by atoms with Crippen LogP contribution in [0.15, 0.2) is 12.1 Å². The Kier molecular flexibility index (Phi) is 4.65. The van der Waals surface area contributed by atoms with Crippen LogP contribution in [0.2, 0.25) is 0 Å². The van der Waals surface area contributed by atoms with Crippen molar-refractivity contribution in [3.8, 4) is 0 Å². The van der Waals surface area contributed by atoms with E-state index in [-0.39, 0.29) is 0 Å². The fourth-order valence-corrected chi connectivity index (χ4v) is 2.58. The second-order valence-corrected chi connectivity index (χ2v) is 6.07. The number of halogens is 1. The van der Waals surface area contributed by atoms with Crippen LogP contribution in [-0.4, -0.2) is 12.1 Å². The molecular formula is C14H22IN. The summed E-state index contributed by atoms with van der Waals surface area (Å²) in [5.41, 5.74) is 4.10. The van der Waals surface area contributed by atoms with Gasteiger partial charge in [0.15, 0.2) is 0 Å². The van der Waals surface area contributed by atoms with E-state index in [1.165, 1.54) is 20.4 Å². The highest BCUT2D eigenvalue weighted by molar-refractivity contribution is 14.1. The van der Waals surface area contributed by atoms with Crippen LogP contribution >= 0.6 is 22.6 Å². The molecule has 0 fully saturated rings. The molecule has 0 saturated carbocycles. The van der Waals surface area contributed by atoms with E-state index in [1.54, 1.807) is 0 Å². The summed E-state index contributed by atoms with van der Waals surface area (Å²) in [7, 11) is 0. The van der Waals surface area contributed by atoms with Gasteiger partial charge >= 0.3 is 0 Å². The van der Waals surface area contributed by atoms with Crippen LogP contribution in [0, 0.1) is 17.4 Å². The number of benzene rings is 1. The molecule has 16 heavy (non-hydrogen) atoms. The Bertz CT molecular complexity index is 338. The largest absolute Gasteiger partial charge is 0.367 e. The van der Waals surface area contributed by atoms with Crippen LogP contribution in [-0.2, 0) is 0 Å². The zero-order valence-electron chi connectivity index (χ0n) is 11.1. The van der Waals surface area contributed by atoms with Gasteiger partial charge in [0.1, 0.15) is 0 Å². The molecule has 0 unspecified atom stereocenters. The van der Waals surface area contributed by atoms with Crippen LogP contribution in [0.5, 0.6) is 0 Å². The van der Waals surface area contributed by atoms with Crippen LogP contribution in [0.1, 0.15) is 38.8 Å². The first-order valence-electron chi connectivity index (χ1n) is 5.89. The highest BCUT2D eigenvalue weighted by Crippen LogP contribution is 2.27. The quantitative estimate of drug-likeness (QED) is 0.736. The molecule has 0 spiro atoms. The van der Waals surface area contributed by atoms with Crippen molar-refractivity contribution in [2.24, 2.45) is 0 Å². The molecule has 1 aromatic carbocycles. The SMILES string of the molecule is Cc1cc(N(C(C)C)C(C)C)cc(C)c1I. The number of hydrogen-bond donors (Lipinski definition) is 0. The standard InChI is InChI=1S/C14H22IN/c1-9(2)16(10(3)4)13-7-11(5)14(15)12(6)8-13/h7-10H,1-6H3. The highest BCUT2D eigenvalue weighted by atomic mass is 127. The third kappa shape index (κ3) is 2.90. The molecule has 1 rings (SSSR count). The van der Waals surface area contributed by atoms with E-state index in [1.807, 2.05) is 0 Å². The van der Waals surface area contributed by atoms with Gasteiger partial charge in [-0.1, -0.05) is 0 Å². The Morgan fingerprint density at radius 1 is 0.938 bits per heavy atom. The lowest BCUT2D eigenvalue weighted by Gasteiger charge is -2.33. The monoisotopic (exact) mass is 331 g/mol. The third-order valence-corrected chi connectivity index (χ3v) is 4.53. The molecule has 0 bridgehead atoms. The molecular weight excluding hydrogens is 309 g/mol. The van der Waals surface area contributed by atoms with Crippen molar-refractivity contribution < 1.29 is 0 Å². The van der Waals surface area contributed by atoms with E-state index in [9.17, 15) is 0 Å². The Balaban J connectivity index is 3.21. The maximum Gasteiger partial charge on any atom is 0.0376 e. The third-order valence-electron chi connectivity index (χ3n) is 2.83. The van der Waals surface area contributed by atoms with Crippen molar-refractivity contribution in [1.82, 2.24) is 0 Å². The molecule has 0 saturated heterocycles. The van der Waals surface area contributed by atoms with E-state index >= 15 is 0 Å². The van der Waals surface area contributed by atoms with Gasteiger partial charge < -0.3 is 4.90 Å². The van der Waals surface area contributed by atoms with Gasteiger partial charge in [-0.3, -0.25) is 0 Å². The molecule has 0 radical (unpaired) electrons. The first-order chi connectivity index (χ1) is 7.34. The molecule has 2 heteroatoms. The van der Waals surface area contributed by atoms with E-state index < -0.39 is 0 Å². The molecule has 0 atom stereocenters. The molecule has 0 heterocycles. The normalized spacial score (nSPS) is 11.3. The molecule has 0 aliphatic rings. The fourth-order valence-electron chi connectivity index (χ4n) is 2.26. The lowest BCUT2D eigenvalue weighted by molar-refractivity contribution is 0.607. The molecule has 1 nitrogen and oxygen atoms in total. The zero-order valence-corrected chi connectivity index (χ0v) is 13.3. The average Bonchev–Trinajstić information content (AvgIpc) is 2.12. The summed E-state index contributed by atoms with van der Waals surface area (Å²) in [5.74, 6) is 0. The Morgan fingerprint density at radius 2 is 1.31 bits per heavy atom. The molecule has 0 aromatic heterocycles. The Hall–Kier alpha value is -0.250. The number of nitrogens with zero attached hydrogens (tertiary/aromatic N) is 1. The van der Waals surface area contributed by atoms with Crippen molar-refractivity contribution in [2.45, 2.75) is 53.6 Å². The first-order valence-corrected chi connectivity index (χ1v) is 6.97. The van der Waals surface area contributed by atoms with Gasteiger partial charge in [0.05, 0.1) is 0 Å². The predicted molar refractivity (Wildman–Crippen MR) is 81.4 cm³/mol. The minimum atomic E-state index is 0.541. The summed E-state index contributed by atoms with van der Waals surface area (Å²) < 4.78 is 1.38. The number of hydrogen-bond acceptors (Lipinski definition) is 1. The lowest BCUT2D eigenvalue weighted by atomic mass is 10.1. The van der Waals surface area contributed by atoms with Crippen LogP contribution in [0.4, 0.5) is 5.69 Å². The summed E-state index contributed by atoms with van der Waals surface area (Å²) in [5, 5.41) is 0. The van der Waals surface area contributed by atoms with Gasteiger partial charge in [-0.15, -0.1) is 0 Å². The van der Waals surface area contributed by atoms with E-state index in [2.05, 4.69) is 81.2 Å². The van der Waals surface area contributed by atoms with Crippen LogP contribution < -0.4 is 4.90 Å². The fraction of sp³-hybridized carbons (Fsp3) is 0.571. The maximum absolute atomic E-state index is 2.47. The Labute approximate surface area is 113 Å². The first kappa shape index (κ1) is 13.8. The van der Waals surface area contributed by atoms with Gasteiger partial charge in [0.2, 0.25) is 0 Å². The van der Waals surface area contributed by atoms with Crippen molar-refractivity contribution in [2.75, 3.05) is 4.90 Å². The smallest absolute Gasteiger partial charge is 0.0376 e. The number of anilines is 1. The molecule has 0 aliphatic carbocycles. The summed E-state index contributed by atoms with van der Waals surface area (Å²) in [6.07, 6.45) is 0. The highest BCUT2D eigenvalue weighted by Gasteiger charge is 2.15. The van der Waals surface area contributed by atoms with Gasteiger partial charge in [-0.2, -0.15) is 0 Å². The number of aryl methyl sites for hydroxylation is 2. The van der Waals surface area contributed by atoms with Crippen LogP contribution in [0.25, 0.3) is 0 Å². The summed E-state index contributed by atoms with van der Waals surface area (Å²) in [6, 6.07) is 5.68. The molecule has 0 N–H and O–H groups in total. The van der Waals surface area contributed by atoms with Gasteiger partial charge in [0.25, 0.3) is 0 Å². The summed E-state index contributed by atoms with van der Waals surface area (Å²) in [6.45, 7) is 13.4. The molecule has 1 aromatic rings. The minimum absolute atomic E-state index is 0.541. The molecule has 0 amide bonds. The van der Waals surface area contributed by atoms with Gasteiger partial charge in [-0.05, 0) is 87.4 Å². The van der Waals surface area contributed by atoms with Gasteiger partial charge in [-0.25, -0.2) is 0 Å². The zero-order chi connectivity index (χ0) is 12.5. The van der Waals surface area contributed by atoms with Gasteiger partial charge in [0, 0.05) is 21.3 Å². The van der Waals surface area contributed by atoms with Crippen molar-refractivity contribution in [3.05, 3.63) is 26.8 Å². The summed E-state index contributed by atoms with van der Waals surface area (Å²) in [4.78, 5) is 2.47. The van der Waals surface area contributed by atoms with Crippen molar-refractivity contribution >= 4 is 28.3 Å². The van der Waals surface area contributed by atoms with E-state index in [0.717, 1.165) is 0 Å². The van der Waals surface area contributed by atoms with E-state index in [4.69, 9.17) is 0 Å². The van der Waals surface area contributed by atoms with E-state index in [0.29, 0.717) is 12.1 Å². The Morgan fingerprint density at radius 3 is 1.62 bits per heavy atom. The minimum Gasteiger partial charge on any atom is -0.367 e. The number of rotatable bonds is 3. The van der Waals surface area contributed by atoms with Crippen LogP contribution in [0.3, 0.4) is 0 Å². The van der Waals surface area contributed by atoms with Crippen molar-refractivity contribution in [1.29, 1.82) is 0 Å². The molecule has 0 aliphatic heterocycles. The predicted octanol–water partition coefficient (Wildman–Crippen LogP) is 4.53. The summed E-state index contributed by atoms with van der Waals surface area (Å²) >= 11 is 2.43.